The highest BCUT2D eigenvalue weighted by Crippen LogP contribution is 2.35. The van der Waals surface area contributed by atoms with Crippen molar-refractivity contribution in [2.75, 3.05) is 18.6 Å². The van der Waals surface area contributed by atoms with E-state index in [0.717, 1.165) is 24.9 Å². The van der Waals surface area contributed by atoms with Crippen molar-refractivity contribution in [2.45, 2.75) is 18.9 Å². The number of nitrogens with one attached hydrogen (secondary N) is 1. The van der Waals surface area contributed by atoms with E-state index in [-0.39, 0.29) is 17.6 Å². The van der Waals surface area contributed by atoms with Gasteiger partial charge in [0.1, 0.15) is 11.6 Å². The molecule has 3 aromatic rings. The van der Waals surface area contributed by atoms with Crippen LogP contribution in [0.15, 0.2) is 42.6 Å². The Morgan fingerprint density at radius 2 is 2.23 bits per heavy atom. The van der Waals surface area contributed by atoms with Gasteiger partial charge in [0.25, 0.3) is 5.91 Å². The number of amides is 1. The lowest BCUT2D eigenvalue weighted by Crippen LogP contribution is -2.26. The number of hydrogen-bond acceptors (Lipinski definition) is 5. The third kappa shape index (κ3) is 2.88. The fraction of sp³-hybridized carbons (Fsp3) is 0.278. The largest absolute Gasteiger partial charge is 0.348 e. The molecule has 0 saturated carbocycles. The zero-order chi connectivity index (χ0) is 18.1. The van der Waals surface area contributed by atoms with Gasteiger partial charge in [0.2, 0.25) is 0 Å². The van der Waals surface area contributed by atoms with E-state index in [2.05, 4.69) is 25.3 Å². The number of benzene rings is 1. The number of hydroxylamine groups is 1. The first kappa shape index (κ1) is 16.5. The van der Waals surface area contributed by atoms with Crippen molar-refractivity contribution in [3.05, 3.63) is 59.7 Å². The van der Waals surface area contributed by atoms with Crippen molar-refractivity contribution in [3.8, 4) is 0 Å². The predicted octanol–water partition coefficient (Wildman–Crippen LogP) is 2.50. The number of aromatic nitrogens is 3. The molecule has 1 atom stereocenters. The molecule has 0 unspecified atom stereocenters. The standard InChI is InChI=1S/C18H18FN5O2/c1-26-22-18(25)15-11-20-16-7-8-17(21-24(15)16)23-9-3-6-14(23)12-4-2-5-13(19)10-12/h2,4-5,7-8,10-11,14H,3,6,9H2,1H3,(H,22,25)/t14-/m1/s1. The first-order valence-corrected chi connectivity index (χ1v) is 8.37. The summed E-state index contributed by atoms with van der Waals surface area (Å²) in [7, 11) is 1.37. The topological polar surface area (TPSA) is 71.8 Å². The first-order chi connectivity index (χ1) is 12.7. The van der Waals surface area contributed by atoms with Crippen molar-refractivity contribution in [1.29, 1.82) is 0 Å². The van der Waals surface area contributed by atoms with E-state index in [9.17, 15) is 9.18 Å². The smallest absolute Gasteiger partial charge is 0.295 e. The quantitative estimate of drug-likeness (QED) is 0.728. The van der Waals surface area contributed by atoms with Gasteiger partial charge < -0.3 is 4.90 Å². The molecule has 0 radical (unpaired) electrons. The van der Waals surface area contributed by atoms with Gasteiger partial charge in [-0.05, 0) is 42.7 Å². The highest BCUT2D eigenvalue weighted by atomic mass is 19.1. The third-order valence-electron chi connectivity index (χ3n) is 4.56. The van der Waals surface area contributed by atoms with E-state index in [4.69, 9.17) is 0 Å². The second-order valence-electron chi connectivity index (χ2n) is 6.15. The van der Waals surface area contributed by atoms with Crippen molar-refractivity contribution >= 4 is 17.4 Å². The summed E-state index contributed by atoms with van der Waals surface area (Å²) in [6, 6.07) is 10.4. The van der Waals surface area contributed by atoms with E-state index in [1.54, 1.807) is 12.1 Å². The second kappa shape index (κ2) is 6.72. The molecule has 134 valence electrons. The van der Waals surface area contributed by atoms with Crippen LogP contribution in [-0.4, -0.2) is 34.2 Å². The lowest BCUT2D eigenvalue weighted by atomic mass is 10.0. The van der Waals surface area contributed by atoms with Gasteiger partial charge in [-0.2, -0.15) is 0 Å². The summed E-state index contributed by atoms with van der Waals surface area (Å²) in [4.78, 5) is 23.1. The summed E-state index contributed by atoms with van der Waals surface area (Å²) in [6.45, 7) is 0.813. The molecule has 1 fully saturated rings. The highest BCUT2D eigenvalue weighted by molar-refractivity contribution is 5.92. The molecule has 0 spiro atoms. The van der Waals surface area contributed by atoms with Gasteiger partial charge in [-0.25, -0.2) is 19.4 Å². The van der Waals surface area contributed by atoms with Crippen molar-refractivity contribution in [3.63, 3.8) is 0 Å². The lowest BCUT2D eigenvalue weighted by Gasteiger charge is -2.26. The molecule has 7 nitrogen and oxygen atoms in total. The van der Waals surface area contributed by atoms with Gasteiger partial charge in [-0.3, -0.25) is 9.63 Å². The number of imidazole rings is 1. The number of carbonyl (C=O) groups excluding carboxylic acids is 1. The minimum atomic E-state index is -0.423. The molecule has 3 heterocycles. The van der Waals surface area contributed by atoms with E-state index in [1.807, 2.05) is 18.2 Å². The normalized spacial score (nSPS) is 17.0. The molecule has 0 bridgehead atoms. The van der Waals surface area contributed by atoms with Gasteiger partial charge in [-0.15, -0.1) is 5.10 Å². The Kier molecular flexibility index (Phi) is 4.26. The van der Waals surface area contributed by atoms with Crippen molar-refractivity contribution in [1.82, 2.24) is 20.1 Å². The molecule has 0 aliphatic carbocycles. The fourth-order valence-corrected chi connectivity index (χ4v) is 3.42. The summed E-state index contributed by atoms with van der Waals surface area (Å²) in [5.74, 6) is 0.0485. The van der Waals surface area contributed by atoms with Gasteiger partial charge >= 0.3 is 0 Å². The van der Waals surface area contributed by atoms with Crippen LogP contribution in [0.5, 0.6) is 0 Å². The number of halogens is 1. The monoisotopic (exact) mass is 355 g/mol. The molecule has 4 rings (SSSR count). The van der Waals surface area contributed by atoms with Crippen LogP contribution < -0.4 is 10.4 Å². The maximum Gasteiger partial charge on any atom is 0.295 e. The van der Waals surface area contributed by atoms with Crippen LogP contribution in [0.1, 0.15) is 34.9 Å². The van der Waals surface area contributed by atoms with Gasteiger partial charge in [0.15, 0.2) is 11.3 Å². The summed E-state index contributed by atoms with van der Waals surface area (Å²) in [6.07, 6.45) is 3.36. The number of fused-ring (bicyclic) bond motifs is 1. The average Bonchev–Trinajstić information content (AvgIpc) is 3.28. The van der Waals surface area contributed by atoms with Crippen LogP contribution in [0.3, 0.4) is 0 Å². The van der Waals surface area contributed by atoms with Crippen LogP contribution >= 0.6 is 0 Å². The summed E-state index contributed by atoms with van der Waals surface area (Å²) in [5.41, 5.74) is 4.05. The summed E-state index contributed by atoms with van der Waals surface area (Å²) in [5, 5.41) is 4.59. The molecule has 2 aromatic heterocycles. The minimum absolute atomic E-state index is 0.0513. The molecule has 26 heavy (non-hydrogen) atoms. The zero-order valence-corrected chi connectivity index (χ0v) is 14.2. The average molecular weight is 355 g/mol. The van der Waals surface area contributed by atoms with Crippen molar-refractivity contribution < 1.29 is 14.0 Å². The zero-order valence-electron chi connectivity index (χ0n) is 14.2. The Balaban J connectivity index is 1.71. The molecular formula is C18H18FN5O2. The van der Waals surface area contributed by atoms with E-state index < -0.39 is 5.91 Å². The highest BCUT2D eigenvalue weighted by Gasteiger charge is 2.28. The van der Waals surface area contributed by atoms with Gasteiger partial charge in [0.05, 0.1) is 19.3 Å². The predicted molar refractivity (Wildman–Crippen MR) is 93.2 cm³/mol. The summed E-state index contributed by atoms with van der Waals surface area (Å²) >= 11 is 0. The molecule has 8 heteroatoms. The number of anilines is 1. The van der Waals surface area contributed by atoms with Crippen LogP contribution in [0, 0.1) is 5.82 Å². The Morgan fingerprint density at radius 1 is 1.35 bits per heavy atom. The van der Waals surface area contributed by atoms with Crippen LogP contribution in [0.2, 0.25) is 0 Å². The van der Waals surface area contributed by atoms with E-state index in [1.165, 1.54) is 23.9 Å². The fourth-order valence-electron chi connectivity index (χ4n) is 3.42. The lowest BCUT2D eigenvalue weighted by molar-refractivity contribution is 0.0530. The maximum absolute atomic E-state index is 13.6. The SMILES string of the molecule is CONC(=O)c1cnc2ccc(N3CCC[C@@H]3c3cccc(F)c3)nn12. The molecule has 1 aliphatic heterocycles. The number of rotatable bonds is 4. The van der Waals surface area contributed by atoms with Crippen LogP contribution in [0.25, 0.3) is 5.65 Å². The summed E-state index contributed by atoms with van der Waals surface area (Å²) < 4.78 is 15.1. The molecule has 1 saturated heterocycles. The Hall–Kier alpha value is -3.00. The van der Waals surface area contributed by atoms with Gasteiger partial charge in [0, 0.05) is 6.54 Å². The molecule has 1 amide bonds. The van der Waals surface area contributed by atoms with Crippen LogP contribution in [-0.2, 0) is 4.84 Å². The molecule has 1 aliphatic rings. The Bertz CT molecular complexity index is 958. The third-order valence-corrected chi connectivity index (χ3v) is 4.56. The van der Waals surface area contributed by atoms with Crippen LogP contribution in [0.4, 0.5) is 10.2 Å². The minimum Gasteiger partial charge on any atom is -0.348 e. The molecular weight excluding hydrogens is 337 g/mol. The molecule has 1 aromatic carbocycles. The Morgan fingerprint density at radius 3 is 3.04 bits per heavy atom. The van der Waals surface area contributed by atoms with E-state index >= 15 is 0 Å². The maximum atomic E-state index is 13.6. The molecule has 1 N–H and O–H groups in total. The number of hydrogen-bond donors (Lipinski definition) is 1. The second-order valence-corrected chi connectivity index (χ2v) is 6.15. The Labute approximate surface area is 149 Å². The van der Waals surface area contributed by atoms with Gasteiger partial charge in [-0.1, -0.05) is 12.1 Å². The first-order valence-electron chi connectivity index (χ1n) is 8.37. The van der Waals surface area contributed by atoms with E-state index in [0.29, 0.717) is 11.5 Å². The number of nitrogens with zero attached hydrogens (tertiary/aromatic N) is 4. The number of carbonyl (C=O) groups is 1. The van der Waals surface area contributed by atoms with Crippen molar-refractivity contribution in [2.24, 2.45) is 0 Å².